The molecule has 0 unspecified atom stereocenters. The molecule has 3 rings (SSSR count). The standard InChI is InChI=1S/C23H32N2O2/c1-19-6-9-23(27-19)18-25-15-12-21(13-16-25)17-24(2)14-4-5-20-7-10-22(26-3)11-8-20/h4-11,21H,12-18H2,1-3H3/b5-4+. The first kappa shape index (κ1) is 19.7. The van der Waals surface area contributed by atoms with E-state index in [1.807, 2.05) is 19.1 Å². The Balaban J connectivity index is 1.36. The maximum Gasteiger partial charge on any atom is 0.118 e. The van der Waals surface area contributed by atoms with Crippen LogP contribution in [0.1, 0.15) is 29.9 Å². The van der Waals surface area contributed by atoms with Gasteiger partial charge in [-0.1, -0.05) is 24.3 Å². The molecule has 0 spiro atoms. The van der Waals surface area contributed by atoms with E-state index in [9.17, 15) is 0 Å². The highest BCUT2D eigenvalue weighted by Gasteiger charge is 2.20. The first-order valence-corrected chi connectivity index (χ1v) is 9.89. The van der Waals surface area contributed by atoms with Crippen molar-refractivity contribution in [3.8, 4) is 5.75 Å². The molecule has 0 bridgehead atoms. The molecule has 1 aromatic heterocycles. The molecule has 0 N–H and O–H groups in total. The van der Waals surface area contributed by atoms with E-state index in [4.69, 9.17) is 9.15 Å². The average molecular weight is 369 g/mol. The number of likely N-dealkylation sites (N-methyl/N-ethyl adjacent to an activating group) is 1. The number of hydrogen-bond acceptors (Lipinski definition) is 4. The van der Waals surface area contributed by atoms with Crippen molar-refractivity contribution in [1.29, 1.82) is 0 Å². The monoisotopic (exact) mass is 368 g/mol. The van der Waals surface area contributed by atoms with E-state index >= 15 is 0 Å². The highest BCUT2D eigenvalue weighted by Crippen LogP contribution is 2.20. The van der Waals surface area contributed by atoms with Crippen LogP contribution < -0.4 is 4.74 Å². The van der Waals surface area contributed by atoms with Crippen LogP contribution in [-0.4, -0.2) is 50.1 Å². The molecule has 2 heterocycles. The van der Waals surface area contributed by atoms with Crippen LogP contribution in [0.15, 0.2) is 46.9 Å². The van der Waals surface area contributed by atoms with Crippen LogP contribution in [0, 0.1) is 12.8 Å². The minimum Gasteiger partial charge on any atom is -0.497 e. The molecule has 1 fully saturated rings. The number of piperidine rings is 1. The maximum atomic E-state index is 5.71. The summed E-state index contributed by atoms with van der Waals surface area (Å²) in [4.78, 5) is 4.94. The molecule has 1 aliphatic heterocycles. The third-order valence-electron chi connectivity index (χ3n) is 5.30. The lowest BCUT2D eigenvalue weighted by Crippen LogP contribution is -2.37. The number of likely N-dealkylation sites (tertiary alicyclic amines) is 1. The Hall–Kier alpha value is -2.04. The molecule has 4 heteroatoms. The van der Waals surface area contributed by atoms with Gasteiger partial charge >= 0.3 is 0 Å². The molecule has 1 aromatic carbocycles. The van der Waals surface area contributed by atoms with Gasteiger partial charge in [-0.3, -0.25) is 4.90 Å². The number of aryl methyl sites for hydroxylation is 1. The molecule has 0 aliphatic carbocycles. The molecule has 0 radical (unpaired) electrons. The van der Waals surface area contributed by atoms with Gasteiger partial charge in [-0.05, 0) is 75.6 Å². The van der Waals surface area contributed by atoms with Gasteiger partial charge in [0.05, 0.1) is 13.7 Å². The summed E-state index contributed by atoms with van der Waals surface area (Å²) < 4.78 is 10.9. The fraction of sp³-hybridized carbons (Fsp3) is 0.478. The third kappa shape index (κ3) is 6.26. The zero-order valence-corrected chi connectivity index (χ0v) is 16.9. The molecule has 146 valence electrons. The fourth-order valence-electron chi connectivity index (χ4n) is 3.72. The second kappa shape index (κ2) is 9.77. The van der Waals surface area contributed by atoms with E-state index < -0.39 is 0 Å². The summed E-state index contributed by atoms with van der Waals surface area (Å²) in [5.74, 6) is 3.78. The first-order chi connectivity index (χ1) is 13.1. The highest BCUT2D eigenvalue weighted by atomic mass is 16.5. The SMILES string of the molecule is COc1ccc(/C=C/CN(C)CC2CCN(Cc3ccc(C)o3)CC2)cc1. The van der Waals surface area contributed by atoms with Crippen LogP contribution >= 0.6 is 0 Å². The number of rotatable bonds is 8. The third-order valence-corrected chi connectivity index (χ3v) is 5.30. The predicted molar refractivity (Wildman–Crippen MR) is 111 cm³/mol. The normalized spacial score (nSPS) is 16.4. The van der Waals surface area contributed by atoms with Crippen molar-refractivity contribution in [2.75, 3.05) is 40.3 Å². The smallest absolute Gasteiger partial charge is 0.118 e. The Morgan fingerprint density at radius 3 is 2.52 bits per heavy atom. The van der Waals surface area contributed by atoms with Gasteiger partial charge in [0.15, 0.2) is 0 Å². The van der Waals surface area contributed by atoms with Crippen LogP contribution in [0.4, 0.5) is 0 Å². The average Bonchev–Trinajstić information content (AvgIpc) is 3.08. The van der Waals surface area contributed by atoms with E-state index in [-0.39, 0.29) is 0 Å². The number of nitrogens with zero attached hydrogens (tertiary/aromatic N) is 2. The summed E-state index contributed by atoms with van der Waals surface area (Å²) in [5.41, 5.74) is 1.21. The van der Waals surface area contributed by atoms with E-state index in [0.29, 0.717) is 0 Å². The van der Waals surface area contributed by atoms with Crippen molar-refractivity contribution in [3.05, 3.63) is 59.6 Å². The molecule has 4 nitrogen and oxygen atoms in total. The van der Waals surface area contributed by atoms with Crippen LogP contribution in [0.25, 0.3) is 6.08 Å². The topological polar surface area (TPSA) is 28.9 Å². The minimum absolute atomic E-state index is 0.791. The van der Waals surface area contributed by atoms with Crippen molar-refractivity contribution in [2.45, 2.75) is 26.3 Å². The summed E-state index contributed by atoms with van der Waals surface area (Å²) in [5, 5.41) is 0. The molecule has 1 saturated heterocycles. The number of furan rings is 1. The van der Waals surface area contributed by atoms with Gasteiger partial charge in [-0.15, -0.1) is 0 Å². The molecular weight excluding hydrogens is 336 g/mol. The lowest BCUT2D eigenvalue weighted by atomic mass is 9.96. The van der Waals surface area contributed by atoms with Crippen LogP contribution in [-0.2, 0) is 6.54 Å². The van der Waals surface area contributed by atoms with Crippen LogP contribution in [0.3, 0.4) is 0 Å². The zero-order chi connectivity index (χ0) is 19.1. The van der Waals surface area contributed by atoms with E-state index in [2.05, 4.69) is 53.3 Å². The van der Waals surface area contributed by atoms with Crippen LogP contribution in [0.5, 0.6) is 5.75 Å². The van der Waals surface area contributed by atoms with Crippen molar-refractivity contribution < 1.29 is 9.15 Å². The summed E-state index contributed by atoms with van der Waals surface area (Å²) >= 11 is 0. The molecule has 27 heavy (non-hydrogen) atoms. The largest absolute Gasteiger partial charge is 0.497 e. The predicted octanol–water partition coefficient (Wildman–Crippen LogP) is 4.45. The molecule has 0 amide bonds. The maximum absolute atomic E-state index is 5.71. The van der Waals surface area contributed by atoms with Gasteiger partial charge in [0, 0.05) is 13.1 Å². The lowest BCUT2D eigenvalue weighted by Gasteiger charge is -2.33. The van der Waals surface area contributed by atoms with E-state index in [1.54, 1.807) is 7.11 Å². The van der Waals surface area contributed by atoms with Gasteiger partial charge in [-0.25, -0.2) is 0 Å². The highest BCUT2D eigenvalue weighted by molar-refractivity contribution is 5.50. The Bertz CT molecular complexity index is 712. The van der Waals surface area contributed by atoms with Gasteiger partial charge in [0.2, 0.25) is 0 Å². The Kier molecular flexibility index (Phi) is 7.13. The van der Waals surface area contributed by atoms with Gasteiger partial charge in [-0.2, -0.15) is 0 Å². The van der Waals surface area contributed by atoms with Crippen molar-refractivity contribution in [1.82, 2.24) is 9.80 Å². The Labute approximate surface area is 163 Å². The number of hydrogen-bond donors (Lipinski definition) is 0. The van der Waals surface area contributed by atoms with E-state index in [0.717, 1.165) is 36.3 Å². The summed E-state index contributed by atoms with van der Waals surface area (Å²) in [6.45, 7) is 7.44. The quantitative estimate of drug-likeness (QED) is 0.688. The Morgan fingerprint density at radius 2 is 1.89 bits per heavy atom. The molecular formula is C23H32N2O2. The van der Waals surface area contributed by atoms with E-state index in [1.165, 1.54) is 38.0 Å². The van der Waals surface area contributed by atoms with Crippen LogP contribution in [0.2, 0.25) is 0 Å². The summed E-state index contributed by atoms with van der Waals surface area (Å²) in [7, 11) is 3.92. The first-order valence-electron chi connectivity index (χ1n) is 9.89. The van der Waals surface area contributed by atoms with Crippen molar-refractivity contribution in [3.63, 3.8) is 0 Å². The van der Waals surface area contributed by atoms with Crippen molar-refractivity contribution in [2.24, 2.45) is 5.92 Å². The Morgan fingerprint density at radius 1 is 1.15 bits per heavy atom. The second-order valence-corrected chi connectivity index (χ2v) is 7.63. The number of methoxy groups -OCH3 is 1. The zero-order valence-electron chi connectivity index (χ0n) is 16.9. The number of benzene rings is 1. The fourth-order valence-corrected chi connectivity index (χ4v) is 3.72. The lowest BCUT2D eigenvalue weighted by molar-refractivity contribution is 0.145. The van der Waals surface area contributed by atoms with Gasteiger partial charge in [0.25, 0.3) is 0 Å². The van der Waals surface area contributed by atoms with Gasteiger partial charge in [0.1, 0.15) is 17.3 Å². The van der Waals surface area contributed by atoms with Crippen molar-refractivity contribution >= 4 is 6.08 Å². The summed E-state index contributed by atoms with van der Waals surface area (Å²) in [6, 6.07) is 12.3. The number of ether oxygens (including phenoxy) is 1. The molecule has 0 atom stereocenters. The second-order valence-electron chi connectivity index (χ2n) is 7.63. The molecule has 1 aliphatic rings. The molecule has 2 aromatic rings. The minimum atomic E-state index is 0.791. The molecule has 0 saturated carbocycles. The summed E-state index contributed by atoms with van der Waals surface area (Å²) in [6.07, 6.45) is 6.97. The van der Waals surface area contributed by atoms with Gasteiger partial charge < -0.3 is 14.1 Å².